The van der Waals surface area contributed by atoms with Crippen LogP contribution < -0.4 is 10.1 Å². The zero-order valence-electron chi connectivity index (χ0n) is 22.3. The van der Waals surface area contributed by atoms with Crippen LogP contribution in [0.5, 0.6) is 5.75 Å². The van der Waals surface area contributed by atoms with E-state index in [1.807, 2.05) is 37.3 Å². The molecule has 0 aliphatic carbocycles. The summed E-state index contributed by atoms with van der Waals surface area (Å²) in [5.41, 5.74) is 0.941. The standard InChI is InChI=1S/C32H29F3N2O4/c1-20(27-11-5-7-21-6-2-3-10-28(21)27)36-17-24-18-37(31(40)41-26-14-12-22(13-15-26)30(38)39)19-29(24)23-8-4-9-25(16-23)32(33,34)35/h2-16,20,24,29,36H,17-19H2,1H3,(H,38,39)/t20-,24+,29-/m1/s1. The third-order valence-electron chi connectivity index (χ3n) is 7.62. The van der Waals surface area contributed by atoms with E-state index in [0.29, 0.717) is 12.1 Å². The van der Waals surface area contributed by atoms with Crippen molar-refractivity contribution >= 4 is 22.8 Å². The molecule has 5 rings (SSSR count). The van der Waals surface area contributed by atoms with Crippen LogP contribution in [0, 0.1) is 5.92 Å². The highest BCUT2D eigenvalue weighted by Gasteiger charge is 2.38. The molecule has 0 radical (unpaired) electrons. The lowest BCUT2D eigenvalue weighted by molar-refractivity contribution is -0.137. The van der Waals surface area contributed by atoms with Crippen molar-refractivity contribution in [3.8, 4) is 5.75 Å². The molecule has 1 fully saturated rings. The molecule has 0 saturated carbocycles. The van der Waals surface area contributed by atoms with Gasteiger partial charge in [0.15, 0.2) is 0 Å². The van der Waals surface area contributed by atoms with Crippen LogP contribution in [0.4, 0.5) is 18.0 Å². The minimum atomic E-state index is -4.48. The fourth-order valence-corrected chi connectivity index (χ4v) is 5.45. The van der Waals surface area contributed by atoms with Gasteiger partial charge in [-0.25, -0.2) is 9.59 Å². The van der Waals surface area contributed by atoms with Gasteiger partial charge >= 0.3 is 18.2 Å². The van der Waals surface area contributed by atoms with E-state index in [9.17, 15) is 22.8 Å². The van der Waals surface area contributed by atoms with Crippen LogP contribution in [0.15, 0.2) is 91.0 Å². The second kappa shape index (κ2) is 11.6. The Bertz CT molecular complexity index is 1550. The van der Waals surface area contributed by atoms with Crippen LogP contribution >= 0.6 is 0 Å². The Hall–Kier alpha value is -4.37. The van der Waals surface area contributed by atoms with Gasteiger partial charge in [-0.3, -0.25) is 0 Å². The predicted molar refractivity (Wildman–Crippen MR) is 149 cm³/mol. The number of carbonyl (C=O) groups excluding carboxylic acids is 1. The first-order valence-corrected chi connectivity index (χ1v) is 13.3. The van der Waals surface area contributed by atoms with E-state index in [2.05, 4.69) is 17.4 Å². The van der Waals surface area contributed by atoms with Crippen molar-refractivity contribution in [2.24, 2.45) is 5.92 Å². The van der Waals surface area contributed by atoms with E-state index in [1.54, 1.807) is 6.07 Å². The summed E-state index contributed by atoms with van der Waals surface area (Å²) in [4.78, 5) is 25.7. The Kier molecular flexibility index (Phi) is 7.99. The highest BCUT2D eigenvalue weighted by molar-refractivity contribution is 5.88. The van der Waals surface area contributed by atoms with Crippen molar-refractivity contribution in [2.75, 3.05) is 19.6 Å². The van der Waals surface area contributed by atoms with E-state index in [4.69, 9.17) is 9.84 Å². The van der Waals surface area contributed by atoms with Gasteiger partial charge in [0, 0.05) is 31.6 Å². The summed E-state index contributed by atoms with van der Waals surface area (Å²) in [5, 5.41) is 14.9. The maximum Gasteiger partial charge on any atom is 0.416 e. The lowest BCUT2D eigenvalue weighted by Crippen LogP contribution is -2.33. The number of amides is 1. The molecule has 1 aliphatic rings. The number of hydrogen-bond donors (Lipinski definition) is 2. The van der Waals surface area contributed by atoms with E-state index < -0.39 is 23.8 Å². The molecule has 1 heterocycles. The zero-order chi connectivity index (χ0) is 29.1. The third kappa shape index (κ3) is 6.36. The molecule has 41 heavy (non-hydrogen) atoms. The van der Waals surface area contributed by atoms with Gasteiger partial charge in [-0.2, -0.15) is 13.2 Å². The van der Waals surface area contributed by atoms with Gasteiger partial charge in [0.1, 0.15) is 5.75 Å². The number of halogens is 3. The summed E-state index contributed by atoms with van der Waals surface area (Å²) in [6.07, 6.45) is -5.12. The number of carboxylic acids is 1. The Morgan fingerprint density at radius 2 is 1.68 bits per heavy atom. The highest BCUT2D eigenvalue weighted by atomic mass is 19.4. The Labute approximate surface area is 235 Å². The molecule has 1 amide bonds. The first-order valence-electron chi connectivity index (χ1n) is 13.3. The number of rotatable bonds is 7. The highest BCUT2D eigenvalue weighted by Crippen LogP contribution is 2.37. The number of nitrogens with zero attached hydrogens (tertiary/aromatic N) is 1. The quantitative estimate of drug-likeness (QED) is 0.251. The molecule has 3 atom stereocenters. The Morgan fingerprint density at radius 3 is 2.41 bits per heavy atom. The smallest absolute Gasteiger partial charge is 0.416 e. The number of aromatic carboxylic acids is 1. The largest absolute Gasteiger partial charge is 0.478 e. The molecule has 9 heteroatoms. The lowest BCUT2D eigenvalue weighted by Gasteiger charge is -2.23. The van der Waals surface area contributed by atoms with Gasteiger partial charge in [0.25, 0.3) is 0 Å². The number of alkyl halides is 3. The van der Waals surface area contributed by atoms with Crippen LogP contribution in [0.2, 0.25) is 0 Å². The molecule has 0 aromatic heterocycles. The first kappa shape index (κ1) is 28.2. The average Bonchev–Trinajstić information content (AvgIpc) is 3.40. The molecular weight excluding hydrogens is 533 g/mol. The van der Waals surface area contributed by atoms with E-state index in [0.717, 1.165) is 28.5 Å². The van der Waals surface area contributed by atoms with Gasteiger partial charge in [0.05, 0.1) is 11.1 Å². The number of fused-ring (bicyclic) bond motifs is 1. The third-order valence-corrected chi connectivity index (χ3v) is 7.62. The fourth-order valence-electron chi connectivity index (χ4n) is 5.45. The fraction of sp³-hybridized carbons (Fsp3) is 0.250. The predicted octanol–water partition coefficient (Wildman–Crippen LogP) is 7.12. The summed E-state index contributed by atoms with van der Waals surface area (Å²) < 4.78 is 46.0. The molecule has 6 nitrogen and oxygen atoms in total. The summed E-state index contributed by atoms with van der Waals surface area (Å²) in [7, 11) is 0. The minimum Gasteiger partial charge on any atom is -0.478 e. The lowest BCUT2D eigenvalue weighted by atomic mass is 9.87. The normalized spacial score (nSPS) is 17.9. The van der Waals surface area contributed by atoms with Crippen LogP contribution in [-0.4, -0.2) is 41.7 Å². The average molecular weight is 563 g/mol. The second-order valence-corrected chi connectivity index (χ2v) is 10.3. The molecule has 212 valence electrons. The van der Waals surface area contributed by atoms with Gasteiger partial charge in [-0.1, -0.05) is 60.7 Å². The Balaban J connectivity index is 1.36. The number of ether oxygens (including phenoxy) is 1. The van der Waals surface area contributed by atoms with Crippen molar-refractivity contribution in [2.45, 2.75) is 25.1 Å². The topological polar surface area (TPSA) is 78.9 Å². The van der Waals surface area contributed by atoms with Crippen LogP contribution in [0.1, 0.15) is 45.9 Å². The summed E-state index contributed by atoms with van der Waals surface area (Å²) in [6, 6.07) is 24.9. The van der Waals surface area contributed by atoms with Crippen LogP contribution in [0.3, 0.4) is 0 Å². The molecule has 0 unspecified atom stereocenters. The zero-order valence-corrected chi connectivity index (χ0v) is 22.3. The number of likely N-dealkylation sites (tertiary alicyclic amines) is 1. The monoisotopic (exact) mass is 562 g/mol. The number of benzene rings is 4. The summed E-state index contributed by atoms with van der Waals surface area (Å²) in [6.45, 7) is 2.97. The number of carbonyl (C=O) groups is 2. The van der Waals surface area contributed by atoms with Gasteiger partial charge < -0.3 is 20.1 Å². The van der Waals surface area contributed by atoms with Crippen molar-refractivity contribution in [3.05, 3.63) is 113 Å². The number of nitrogens with one attached hydrogen (secondary N) is 1. The molecule has 2 N–H and O–H groups in total. The molecule has 4 aromatic carbocycles. The number of hydrogen-bond acceptors (Lipinski definition) is 4. The summed E-state index contributed by atoms with van der Waals surface area (Å²) >= 11 is 0. The maximum absolute atomic E-state index is 13.5. The maximum atomic E-state index is 13.5. The van der Waals surface area contributed by atoms with Crippen molar-refractivity contribution in [1.82, 2.24) is 10.2 Å². The second-order valence-electron chi connectivity index (χ2n) is 10.3. The molecule has 1 saturated heterocycles. The number of carboxylic acid groups (broad SMARTS) is 1. The van der Waals surface area contributed by atoms with Crippen LogP contribution in [0.25, 0.3) is 10.8 Å². The van der Waals surface area contributed by atoms with Gasteiger partial charge in [-0.05, 0) is 65.1 Å². The van der Waals surface area contributed by atoms with Crippen molar-refractivity contribution in [3.63, 3.8) is 0 Å². The van der Waals surface area contributed by atoms with Crippen molar-refractivity contribution < 1.29 is 32.6 Å². The van der Waals surface area contributed by atoms with Crippen LogP contribution in [-0.2, 0) is 6.18 Å². The minimum absolute atomic E-state index is 0.0444. The molecule has 1 aliphatic heterocycles. The van der Waals surface area contributed by atoms with E-state index >= 15 is 0 Å². The first-order chi connectivity index (χ1) is 19.6. The summed E-state index contributed by atoms with van der Waals surface area (Å²) in [5.74, 6) is -1.45. The molecule has 0 spiro atoms. The SMILES string of the molecule is C[C@@H](NC[C@H]1CN(C(=O)Oc2ccc(C(=O)O)cc2)C[C@@H]1c1cccc(C(F)(F)F)c1)c1cccc2ccccc12. The van der Waals surface area contributed by atoms with E-state index in [1.165, 1.54) is 35.2 Å². The van der Waals surface area contributed by atoms with Gasteiger partial charge in [0.2, 0.25) is 0 Å². The van der Waals surface area contributed by atoms with E-state index in [-0.39, 0.29) is 42.3 Å². The molecule has 0 bridgehead atoms. The molecule has 4 aromatic rings. The van der Waals surface area contributed by atoms with Crippen molar-refractivity contribution in [1.29, 1.82) is 0 Å². The van der Waals surface area contributed by atoms with Gasteiger partial charge in [-0.15, -0.1) is 0 Å². The Morgan fingerprint density at radius 1 is 0.976 bits per heavy atom. The molecular formula is C32H29F3N2O4.